The second-order valence-electron chi connectivity index (χ2n) is 9.39. The molecule has 8 heteroatoms. The van der Waals surface area contributed by atoms with Crippen LogP contribution in [-0.4, -0.2) is 20.8 Å². The maximum atomic E-state index is 6.65. The third kappa shape index (κ3) is 4.81. The van der Waals surface area contributed by atoms with Crippen molar-refractivity contribution >= 4 is 46.2 Å². The summed E-state index contributed by atoms with van der Waals surface area (Å²) in [5.41, 5.74) is 5.98. The zero-order valence-electron chi connectivity index (χ0n) is 21.1. The second-order valence-corrected chi connectivity index (χ2v) is 10.6. The Morgan fingerprint density at radius 2 is 1.76 bits per heavy atom. The summed E-state index contributed by atoms with van der Waals surface area (Å²) < 4.78 is 8.02. The van der Waals surface area contributed by atoms with Crippen molar-refractivity contribution in [3.63, 3.8) is 0 Å². The number of halogens is 2. The number of thiocarbonyl (C=S) groups is 1. The molecule has 5 nitrogen and oxygen atoms in total. The number of nitrogens with zero attached hydrogens (tertiary/aromatic N) is 3. The van der Waals surface area contributed by atoms with Gasteiger partial charge in [0.25, 0.3) is 0 Å². The lowest BCUT2D eigenvalue weighted by molar-refractivity contribution is 0.242. The molecule has 190 valence electrons. The first-order valence-electron chi connectivity index (χ1n) is 12.2. The Hall–Kier alpha value is -3.06. The highest BCUT2D eigenvalue weighted by Crippen LogP contribution is 2.44. The Balaban J connectivity index is 1.64. The first-order chi connectivity index (χ1) is 17.8. The van der Waals surface area contributed by atoms with E-state index in [4.69, 9.17) is 40.2 Å². The van der Waals surface area contributed by atoms with E-state index in [2.05, 4.69) is 39.7 Å². The van der Waals surface area contributed by atoms with E-state index in [0.717, 1.165) is 39.8 Å². The van der Waals surface area contributed by atoms with Gasteiger partial charge in [0, 0.05) is 23.3 Å². The van der Waals surface area contributed by atoms with E-state index >= 15 is 0 Å². The van der Waals surface area contributed by atoms with Gasteiger partial charge in [-0.15, -0.1) is 0 Å². The van der Waals surface area contributed by atoms with Crippen LogP contribution in [-0.2, 0) is 0 Å². The quantitative estimate of drug-likeness (QED) is 0.248. The van der Waals surface area contributed by atoms with Gasteiger partial charge in [0.05, 0.1) is 39.6 Å². The van der Waals surface area contributed by atoms with Crippen molar-refractivity contribution in [3.05, 3.63) is 106 Å². The summed E-state index contributed by atoms with van der Waals surface area (Å²) in [6, 6.07) is 21.6. The number of nitrogens with one attached hydrogen (secondary N) is 1. The van der Waals surface area contributed by atoms with Gasteiger partial charge in [-0.1, -0.05) is 35.3 Å². The molecule has 0 radical (unpaired) electrons. The molecular formula is C29H28Cl2N4OS. The van der Waals surface area contributed by atoms with Crippen LogP contribution in [0.5, 0.6) is 5.75 Å². The monoisotopic (exact) mass is 550 g/mol. The fourth-order valence-electron chi connectivity index (χ4n) is 5.03. The smallest absolute Gasteiger partial charge is 0.174 e. The lowest BCUT2D eigenvalue weighted by Gasteiger charge is -2.28. The zero-order valence-corrected chi connectivity index (χ0v) is 23.4. The van der Waals surface area contributed by atoms with Gasteiger partial charge in [-0.2, -0.15) is 0 Å². The topological polar surface area (TPSA) is 42.3 Å². The van der Waals surface area contributed by atoms with Crippen LogP contribution in [0.4, 0.5) is 5.69 Å². The number of ether oxygens (including phenoxy) is 1. The molecule has 1 saturated heterocycles. The van der Waals surface area contributed by atoms with E-state index in [1.807, 2.05) is 74.6 Å². The SMILES string of the molecule is Cc1cc(C2C(c3ccccn3)NC(=S)N2c2ccc(OC(C)C)cc2)c(C)n1-c1cccc(Cl)c1Cl. The predicted octanol–water partition coefficient (Wildman–Crippen LogP) is 7.76. The molecule has 1 aliphatic rings. The lowest BCUT2D eigenvalue weighted by atomic mass is 9.96. The molecule has 2 unspecified atom stereocenters. The van der Waals surface area contributed by atoms with Crippen molar-refractivity contribution in [2.75, 3.05) is 4.90 Å². The number of benzene rings is 2. The van der Waals surface area contributed by atoms with Crippen molar-refractivity contribution in [1.29, 1.82) is 0 Å². The third-order valence-electron chi connectivity index (χ3n) is 6.55. The fraction of sp³-hybridized carbons (Fsp3) is 0.241. The standard InChI is InChI=1S/C29H28Cl2N4OS/c1-17(2)36-21-13-11-20(12-14-21)35-28(27(33-29(35)37)24-9-5-6-15-32-24)22-16-18(3)34(19(22)4)25-10-7-8-23(30)26(25)31/h5-17,27-28H,1-4H3,(H,33,37). The number of rotatable bonds is 6. The summed E-state index contributed by atoms with van der Waals surface area (Å²) in [7, 11) is 0. The van der Waals surface area contributed by atoms with Crippen LogP contribution in [0.1, 0.15) is 48.6 Å². The van der Waals surface area contributed by atoms with Gasteiger partial charge in [-0.3, -0.25) is 4.98 Å². The largest absolute Gasteiger partial charge is 0.491 e. The number of aryl methyl sites for hydroxylation is 1. The first kappa shape index (κ1) is 25.6. The van der Waals surface area contributed by atoms with Crippen LogP contribution in [0.25, 0.3) is 5.69 Å². The molecule has 1 aliphatic heterocycles. The van der Waals surface area contributed by atoms with Crippen LogP contribution in [0.15, 0.2) is 72.9 Å². The summed E-state index contributed by atoms with van der Waals surface area (Å²) in [6.45, 7) is 8.21. The molecule has 1 fully saturated rings. The molecule has 0 bridgehead atoms. The summed E-state index contributed by atoms with van der Waals surface area (Å²) in [6.07, 6.45) is 1.91. The van der Waals surface area contributed by atoms with E-state index < -0.39 is 0 Å². The van der Waals surface area contributed by atoms with Crippen molar-refractivity contribution in [2.45, 2.75) is 45.9 Å². The number of pyridine rings is 1. The van der Waals surface area contributed by atoms with Crippen LogP contribution < -0.4 is 15.0 Å². The maximum absolute atomic E-state index is 6.65. The minimum Gasteiger partial charge on any atom is -0.491 e. The molecule has 0 saturated carbocycles. The van der Waals surface area contributed by atoms with Crippen LogP contribution in [0, 0.1) is 13.8 Å². The average Bonchev–Trinajstić information content (AvgIpc) is 3.37. The van der Waals surface area contributed by atoms with E-state index in [-0.39, 0.29) is 18.2 Å². The van der Waals surface area contributed by atoms with Gasteiger partial charge in [-0.25, -0.2) is 0 Å². The van der Waals surface area contributed by atoms with Crippen LogP contribution in [0.2, 0.25) is 10.0 Å². The van der Waals surface area contributed by atoms with Gasteiger partial charge in [0.2, 0.25) is 0 Å². The molecule has 5 rings (SSSR count). The van der Waals surface area contributed by atoms with Gasteiger partial charge in [0.15, 0.2) is 5.11 Å². The fourth-order valence-corrected chi connectivity index (χ4v) is 5.76. The van der Waals surface area contributed by atoms with Crippen molar-refractivity contribution < 1.29 is 4.74 Å². The lowest BCUT2D eigenvalue weighted by Crippen LogP contribution is -2.29. The van der Waals surface area contributed by atoms with Crippen molar-refractivity contribution in [3.8, 4) is 11.4 Å². The van der Waals surface area contributed by atoms with Gasteiger partial charge in [-0.05, 0) is 100 Å². The summed E-state index contributed by atoms with van der Waals surface area (Å²) in [5.74, 6) is 0.823. The molecular weight excluding hydrogens is 523 g/mol. The molecule has 0 amide bonds. The Kier molecular flexibility index (Phi) is 7.17. The van der Waals surface area contributed by atoms with Gasteiger partial charge in [0.1, 0.15) is 5.75 Å². The molecule has 2 atom stereocenters. The number of hydrogen-bond acceptors (Lipinski definition) is 3. The number of anilines is 1. The third-order valence-corrected chi connectivity index (χ3v) is 7.67. The first-order valence-corrected chi connectivity index (χ1v) is 13.3. The highest BCUT2D eigenvalue weighted by molar-refractivity contribution is 7.80. The highest BCUT2D eigenvalue weighted by Gasteiger charge is 2.42. The van der Waals surface area contributed by atoms with Crippen LogP contribution >= 0.6 is 35.4 Å². The molecule has 1 N–H and O–H groups in total. The Labute approximate surface area is 233 Å². The summed E-state index contributed by atoms with van der Waals surface area (Å²) in [5, 5.41) is 5.23. The second kappa shape index (κ2) is 10.4. The Morgan fingerprint density at radius 1 is 1.00 bits per heavy atom. The maximum Gasteiger partial charge on any atom is 0.174 e. The molecule has 4 aromatic rings. The Morgan fingerprint density at radius 3 is 2.43 bits per heavy atom. The zero-order chi connectivity index (χ0) is 26.3. The number of hydrogen-bond donors (Lipinski definition) is 1. The van der Waals surface area contributed by atoms with Crippen molar-refractivity contribution in [2.24, 2.45) is 0 Å². The van der Waals surface area contributed by atoms with Crippen molar-refractivity contribution in [1.82, 2.24) is 14.9 Å². The Bertz CT molecular complexity index is 1440. The molecule has 0 spiro atoms. The molecule has 37 heavy (non-hydrogen) atoms. The van der Waals surface area contributed by atoms with E-state index in [0.29, 0.717) is 15.2 Å². The molecule has 2 aromatic heterocycles. The average molecular weight is 552 g/mol. The number of aromatic nitrogens is 2. The summed E-state index contributed by atoms with van der Waals surface area (Å²) in [4.78, 5) is 6.84. The summed E-state index contributed by atoms with van der Waals surface area (Å²) >= 11 is 18.9. The molecule has 0 aliphatic carbocycles. The minimum absolute atomic E-state index is 0.102. The highest BCUT2D eigenvalue weighted by atomic mass is 35.5. The normalized spacial score (nSPS) is 17.4. The minimum atomic E-state index is -0.149. The van der Waals surface area contributed by atoms with Crippen LogP contribution in [0.3, 0.4) is 0 Å². The predicted molar refractivity (Wildman–Crippen MR) is 155 cm³/mol. The molecule has 3 heterocycles. The van der Waals surface area contributed by atoms with Gasteiger partial charge >= 0.3 is 0 Å². The molecule has 2 aromatic carbocycles. The van der Waals surface area contributed by atoms with E-state index in [1.165, 1.54) is 0 Å². The van der Waals surface area contributed by atoms with E-state index in [1.54, 1.807) is 6.07 Å². The van der Waals surface area contributed by atoms with E-state index in [9.17, 15) is 0 Å². The van der Waals surface area contributed by atoms with Gasteiger partial charge < -0.3 is 19.5 Å².